The van der Waals surface area contributed by atoms with E-state index in [-0.39, 0.29) is 24.4 Å². The SMILES string of the molecule is O=C(COc1ccc(F)cc1Br)N1N=C(c2ccco2)CC1c1cccs1. The molecule has 5 nitrogen and oxygen atoms in total. The number of furan rings is 1. The van der Waals surface area contributed by atoms with Gasteiger partial charge in [0.1, 0.15) is 23.0 Å². The summed E-state index contributed by atoms with van der Waals surface area (Å²) in [6, 6.07) is 11.4. The Bertz CT molecular complexity index is 973. The molecule has 0 aliphatic carbocycles. The smallest absolute Gasteiger partial charge is 0.281 e. The molecule has 0 saturated heterocycles. The minimum atomic E-state index is -0.384. The molecule has 8 heteroatoms. The maximum absolute atomic E-state index is 13.2. The second-order valence-electron chi connectivity index (χ2n) is 5.86. The summed E-state index contributed by atoms with van der Waals surface area (Å²) in [4.78, 5) is 13.8. The quantitative estimate of drug-likeness (QED) is 0.551. The van der Waals surface area contributed by atoms with Crippen LogP contribution in [-0.4, -0.2) is 23.2 Å². The highest BCUT2D eigenvalue weighted by Gasteiger charge is 2.34. The number of benzene rings is 1. The van der Waals surface area contributed by atoms with Crippen LogP contribution in [0.5, 0.6) is 5.75 Å². The Balaban J connectivity index is 1.53. The minimum absolute atomic E-state index is 0.196. The molecule has 0 saturated carbocycles. The molecule has 138 valence electrons. The van der Waals surface area contributed by atoms with Gasteiger partial charge in [-0.3, -0.25) is 4.79 Å². The van der Waals surface area contributed by atoms with E-state index in [1.807, 2.05) is 23.6 Å². The van der Waals surface area contributed by atoms with Crippen LogP contribution in [-0.2, 0) is 4.79 Å². The van der Waals surface area contributed by atoms with Gasteiger partial charge in [-0.1, -0.05) is 6.07 Å². The molecule has 0 bridgehead atoms. The van der Waals surface area contributed by atoms with Gasteiger partial charge in [0, 0.05) is 11.3 Å². The Kier molecular flexibility index (Phi) is 5.09. The maximum atomic E-state index is 13.2. The van der Waals surface area contributed by atoms with Crippen LogP contribution >= 0.6 is 27.3 Å². The lowest BCUT2D eigenvalue weighted by Gasteiger charge is -2.20. The number of rotatable bonds is 5. The van der Waals surface area contributed by atoms with Crippen molar-refractivity contribution in [2.45, 2.75) is 12.5 Å². The van der Waals surface area contributed by atoms with E-state index in [0.29, 0.717) is 22.4 Å². The van der Waals surface area contributed by atoms with Gasteiger partial charge < -0.3 is 9.15 Å². The number of hydrogen-bond acceptors (Lipinski definition) is 5. The normalized spacial score (nSPS) is 16.4. The van der Waals surface area contributed by atoms with Crippen molar-refractivity contribution in [2.75, 3.05) is 6.61 Å². The van der Waals surface area contributed by atoms with E-state index < -0.39 is 0 Å². The lowest BCUT2D eigenvalue weighted by Crippen LogP contribution is -2.31. The number of hydrazone groups is 1. The van der Waals surface area contributed by atoms with Crippen molar-refractivity contribution in [1.29, 1.82) is 0 Å². The average molecular weight is 449 g/mol. The van der Waals surface area contributed by atoms with Crippen LogP contribution in [0.2, 0.25) is 0 Å². The van der Waals surface area contributed by atoms with E-state index >= 15 is 0 Å². The molecule has 2 aromatic heterocycles. The van der Waals surface area contributed by atoms with Gasteiger partial charge in [-0.2, -0.15) is 5.10 Å². The first-order valence-corrected chi connectivity index (χ1v) is 9.84. The molecule has 4 rings (SSSR count). The Morgan fingerprint density at radius 1 is 1.37 bits per heavy atom. The van der Waals surface area contributed by atoms with E-state index in [0.717, 1.165) is 10.6 Å². The van der Waals surface area contributed by atoms with Gasteiger partial charge in [0.2, 0.25) is 0 Å². The van der Waals surface area contributed by atoms with Crippen molar-refractivity contribution in [3.8, 4) is 5.75 Å². The fourth-order valence-electron chi connectivity index (χ4n) is 2.83. The first kappa shape index (κ1) is 17.9. The average Bonchev–Trinajstić information content (AvgIpc) is 3.40. The molecule has 1 aliphatic rings. The largest absolute Gasteiger partial charge is 0.483 e. The molecule has 0 radical (unpaired) electrons. The molecule has 3 heterocycles. The molecular weight excluding hydrogens is 435 g/mol. The standard InChI is InChI=1S/C19H14BrFN2O3S/c20-13-9-12(21)5-6-16(13)26-11-19(24)23-15(18-4-2-8-27-18)10-14(22-23)17-3-1-7-25-17/h1-9,15H,10-11H2. The van der Waals surface area contributed by atoms with Gasteiger partial charge in [0.15, 0.2) is 6.61 Å². The highest BCUT2D eigenvalue weighted by atomic mass is 79.9. The molecule has 1 amide bonds. The number of carbonyl (C=O) groups excluding carboxylic acids is 1. The topological polar surface area (TPSA) is 55.0 Å². The summed E-state index contributed by atoms with van der Waals surface area (Å²) >= 11 is 4.80. The second kappa shape index (κ2) is 7.66. The zero-order chi connectivity index (χ0) is 18.8. The fourth-order valence-corrected chi connectivity index (χ4v) is 4.11. The molecular formula is C19H14BrFN2O3S. The number of hydrogen-bond donors (Lipinski definition) is 0. The van der Waals surface area contributed by atoms with Crippen LogP contribution in [0, 0.1) is 5.82 Å². The number of halogens is 2. The Morgan fingerprint density at radius 3 is 2.96 bits per heavy atom. The monoisotopic (exact) mass is 448 g/mol. The van der Waals surface area contributed by atoms with E-state index in [9.17, 15) is 9.18 Å². The Hall–Kier alpha value is -2.45. The van der Waals surface area contributed by atoms with E-state index in [1.165, 1.54) is 23.2 Å². The van der Waals surface area contributed by atoms with Crippen molar-refractivity contribution in [1.82, 2.24) is 5.01 Å². The molecule has 0 fully saturated rings. The van der Waals surface area contributed by atoms with Crippen LogP contribution in [0.15, 0.2) is 68.1 Å². The molecule has 3 aromatic rings. The van der Waals surface area contributed by atoms with Crippen LogP contribution in [0.4, 0.5) is 4.39 Å². The molecule has 1 atom stereocenters. The summed E-state index contributed by atoms with van der Waals surface area (Å²) in [7, 11) is 0. The number of amides is 1. The van der Waals surface area contributed by atoms with E-state index in [4.69, 9.17) is 9.15 Å². The fraction of sp³-hybridized carbons (Fsp3) is 0.158. The third-order valence-corrected chi connectivity index (χ3v) is 5.68. The number of nitrogens with zero attached hydrogens (tertiary/aromatic N) is 2. The second-order valence-corrected chi connectivity index (χ2v) is 7.69. The lowest BCUT2D eigenvalue weighted by atomic mass is 10.1. The van der Waals surface area contributed by atoms with Gasteiger partial charge in [-0.05, 0) is 57.7 Å². The predicted octanol–water partition coefficient (Wildman–Crippen LogP) is 5.00. The summed E-state index contributed by atoms with van der Waals surface area (Å²) in [6.07, 6.45) is 2.15. The number of thiophene rings is 1. The lowest BCUT2D eigenvalue weighted by molar-refractivity contribution is -0.135. The molecule has 1 unspecified atom stereocenters. The number of ether oxygens (including phenoxy) is 1. The summed E-state index contributed by atoms with van der Waals surface area (Å²) in [5, 5.41) is 7.89. The van der Waals surface area contributed by atoms with Gasteiger partial charge in [0.25, 0.3) is 5.91 Å². The van der Waals surface area contributed by atoms with Gasteiger partial charge in [-0.25, -0.2) is 9.40 Å². The Labute approximate surface area is 167 Å². The van der Waals surface area contributed by atoms with Crippen LogP contribution < -0.4 is 4.74 Å². The van der Waals surface area contributed by atoms with Crippen LogP contribution in [0.1, 0.15) is 23.1 Å². The zero-order valence-electron chi connectivity index (χ0n) is 14.0. The third-order valence-electron chi connectivity index (χ3n) is 4.09. The van der Waals surface area contributed by atoms with Crippen molar-refractivity contribution in [3.63, 3.8) is 0 Å². The molecule has 0 N–H and O–H groups in total. The van der Waals surface area contributed by atoms with Crippen molar-refractivity contribution >= 4 is 38.9 Å². The molecule has 0 spiro atoms. The van der Waals surface area contributed by atoms with Crippen LogP contribution in [0.3, 0.4) is 0 Å². The molecule has 27 heavy (non-hydrogen) atoms. The summed E-state index contributed by atoms with van der Waals surface area (Å²) < 4.78 is 24.6. The van der Waals surface area contributed by atoms with Gasteiger partial charge >= 0.3 is 0 Å². The third kappa shape index (κ3) is 3.81. The first-order valence-electron chi connectivity index (χ1n) is 8.16. The Morgan fingerprint density at radius 2 is 2.26 bits per heavy atom. The summed E-state index contributed by atoms with van der Waals surface area (Å²) in [6.45, 7) is -0.207. The highest BCUT2D eigenvalue weighted by molar-refractivity contribution is 9.10. The summed E-state index contributed by atoms with van der Waals surface area (Å²) in [5.74, 6) is 0.373. The van der Waals surface area contributed by atoms with Crippen LogP contribution in [0.25, 0.3) is 0 Å². The zero-order valence-corrected chi connectivity index (χ0v) is 16.4. The van der Waals surface area contributed by atoms with Crippen molar-refractivity contribution in [2.24, 2.45) is 5.10 Å². The predicted molar refractivity (Wildman–Crippen MR) is 103 cm³/mol. The van der Waals surface area contributed by atoms with Gasteiger partial charge in [-0.15, -0.1) is 11.3 Å². The van der Waals surface area contributed by atoms with E-state index in [2.05, 4.69) is 21.0 Å². The molecule has 1 aromatic carbocycles. The summed E-state index contributed by atoms with van der Waals surface area (Å²) in [5.41, 5.74) is 0.717. The molecule has 1 aliphatic heterocycles. The van der Waals surface area contributed by atoms with Crippen molar-refractivity contribution < 1.29 is 18.3 Å². The maximum Gasteiger partial charge on any atom is 0.281 e. The highest BCUT2D eigenvalue weighted by Crippen LogP contribution is 2.35. The van der Waals surface area contributed by atoms with Gasteiger partial charge in [0.05, 0.1) is 16.8 Å². The number of carbonyl (C=O) groups is 1. The van der Waals surface area contributed by atoms with Crippen molar-refractivity contribution in [3.05, 3.63) is 75.0 Å². The minimum Gasteiger partial charge on any atom is -0.483 e. The first-order chi connectivity index (χ1) is 13.1. The van der Waals surface area contributed by atoms with E-state index in [1.54, 1.807) is 23.7 Å².